The maximum Gasteiger partial charge on any atom is 0.330 e. The molecule has 0 radical (unpaired) electrons. The lowest BCUT2D eigenvalue weighted by Gasteiger charge is -2.13. The minimum absolute atomic E-state index is 0.0223. The first kappa shape index (κ1) is 16.7. The molecule has 1 aromatic carbocycles. The smallest absolute Gasteiger partial charge is 0.330 e. The number of aromatic nitrogens is 1. The van der Waals surface area contributed by atoms with E-state index in [1.807, 2.05) is 13.8 Å². The molecule has 1 atom stereocenters. The van der Waals surface area contributed by atoms with E-state index in [1.165, 1.54) is 0 Å². The molecule has 0 saturated carbocycles. The molecule has 1 unspecified atom stereocenters. The number of aliphatic carboxylic acids is 1. The minimum Gasteiger partial charge on any atom is -0.479 e. The van der Waals surface area contributed by atoms with E-state index in [1.54, 1.807) is 36.4 Å². The van der Waals surface area contributed by atoms with Crippen molar-refractivity contribution in [1.82, 2.24) is 10.5 Å². The number of nitrogens with one attached hydrogen (secondary N) is 1. The molecule has 0 fully saturated rings. The lowest BCUT2D eigenvalue weighted by atomic mass is 9.99. The van der Waals surface area contributed by atoms with Crippen LogP contribution in [0.15, 0.2) is 40.9 Å². The first-order chi connectivity index (χ1) is 11.1. The van der Waals surface area contributed by atoms with Crippen molar-refractivity contribution in [2.75, 3.05) is 0 Å². The standard InChI is InChI=1S/C17H20N2O4/c1-3-11(4-2)13-10-14(23-19-13)16(20)18-15(17(21)22)12-8-6-5-7-9-12/h5-11,15H,3-4H2,1-2H3,(H,18,20)(H,21,22). The van der Waals surface area contributed by atoms with Crippen molar-refractivity contribution >= 4 is 11.9 Å². The molecular weight excluding hydrogens is 296 g/mol. The Morgan fingerprint density at radius 1 is 1.22 bits per heavy atom. The van der Waals surface area contributed by atoms with Gasteiger partial charge in [0.05, 0.1) is 5.69 Å². The fourth-order valence-corrected chi connectivity index (χ4v) is 2.43. The summed E-state index contributed by atoms with van der Waals surface area (Å²) in [5.74, 6) is -1.48. The van der Waals surface area contributed by atoms with Gasteiger partial charge in [0.2, 0.25) is 5.76 Å². The van der Waals surface area contributed by atoms with Gasteiger partial charge in [-0.3, -0.25) is 4.79 Å². The Morgan fingerprint density at radius 3 is 2.43 bits per heavy atom. The van der Waals surface area contributed by atoms with Gasteiger partial charge in [-0.05, 0) is 18.4 Å². The van der Waals surface area contributed by atoms with Gasteiger partial charge in [-0.15, -0.1) is 0 Å². The maximum absolute atomic E-state index is 12.2. The highest BCUT2D eigenvalue weighted by molar-refractivity contribution is 5.94. The third-order valence-electron chi connectivity index (χ3n) is 3.81. The number of carbonyl (C=O) groups excluding carboxylic acids is 1. The quantitative estimate of drug-likeness (QED) is 0.818. The van der Waals surface area contributed by atoms with Crippen LogP contribution < -0.4 is 5.32 Å². The summed E-state index contributed by atoms with van der Waals surface area (Å²) in [7, 11) is 0. The van der Waals surface area contributed by atoms with E-state index in [9.17, 15) is 14.7 Å². The van der Waals surface area contributed by atoms with Crippen LogP contribution >= 0.6 is 0 Å². The molecule has 6 heteroatoms. The SMILES string of the molecule is CCC(CC)c1cc(C(=O)NC(C(=O)O)c2ccccc2)on1. The second-order valence-electron chi connectivity index (χ2n) is 5.28. The molecule has 0 saturated heterocycles. The second kappa shape index (κ2) is 7.58. The Labute approximate surface area is 134 Å². The highest BCUT2D eigenvalue weighted by Crippen LogP contribution is 2.23. The summed E-state index contributed by atoms with van der Waals surface area (Å²) in [6.45, 7) is 4.08. The Hall–Kier alpha value is -2.63. The summed E-state index contributed by atoms with van der Waals surface area (Å²) in [5, 5.41) is 15.7. The van der Waals surface area contributed by atoms with Gasteiger partial charge in [0.1, 0.15) is 0 Å². The lowest BCUT2D eigenvalue weighted by Crippen LogP contribution is -2.33. The average Bonchev–Trinajstić information content (AvgIpc) is 3.04. The minimum atomic E-state index is -1.13. The van der Waals surface area contributed by atoms with E-state index in [2.05, 4.69) is 10.5 Å². The monoisotopic (exact) mass is 316 g/mol. The number of amides is 1. The van der Waals surface area contributed by atoms with E-state index >= 15 is 0 Å². The first-order valence-corrected chi connectivity index (χ1v) is 7.62. The number of nitrogens with zero attached hydrogens (tertiary/aromatic N) is 1. The Morgan fingerprint density at radius 2 is 1.87 bits per heavy atom. The molecule has 122 valence electrons. The second-order valence-corrected chi connectivity index (χ2v) is 5.28. The average molecular weight is 316 g/mol. The highest BCUT2D eigenvalue weighted by Gasteiger charge is 2.25. The number of rotatable bonds is 7. The predicted molar refractivity (Wildman–Crippen MR) is 84.1 cm³/mol. The number of hydrogen-bond donors (Lipinski definition) is 2. The number of carboxylic acid groups (broad SMARTS) is 1. The topological polar surface area (TPSA) is 92.4 Å². The van der Waals surface area contributed by atoms with Crippen LogP contribution in [-0.4, -0.2) is 22.1 Å². The number of benzene rings is 1. The van der Waals surface area contributed by atoms with Crippen LogP contribution in [0.2, 0.25) is 0 Å². The molecule has 0 aliphatic rings. The molecule has 0 aliphatic heterocycles. The van der Waals surface area contributed by atoms with Crippen LogP contribution in [-0.2, 0) is 4.79 Å². The summed E-state index contributed by atoms with van der Waals surface area (Å²) < 4.78 is 5.07. The van der Waals surface area contributed by atoms with Crippen LogP contribution in [0.3, 0.4) is 0 Å². The van der Waals surface area contributed by atoms with Crippen molar-refractivity contribution in [1.29, 1.82) is 0 Å². The van der Waals surface area contributed by atoms with Gasteiger partial charge in [0, 0.05) is 12.0 Å². The van der Waals surface area contributed by atoms with Gasteiger partial charge in [-0.1, -0.05) is 49.3 Å². The van der Waals surface area contributed by atoms with Crippen LogP contribution in [0.1, 0.15) is 60.5 Å². The summed E-state index contributed by atoms with van der Waals surface area (Å²) in [5.41, 5.74) is 1.21. The molecular formula is C17H20N2O4. The van der Waals surface area contributed by atoms with Crippen molar-refractivity contribution < 1.29 is 19.2 Å². The maximum atomic E-state index is 12.2. The largest absolute Gasteiger partial charge is 0.479 e. The molecule has 0 aliphatic carbocycles. The summed E-state index contributed by atoms with van der Waals surface area (Å²) in [4.78, 5) is 23.6. The molecule has 0 spiro atoms. The van der Waals surface area contributed by atoms with Crippen molar-refractivity contribution in [2.24, 2.45) is 0 Å². The fourth-order valence-electron chi connectivity index (χ4n) is 2.43. The predicted octanol–water partition coefficient (Wildman–Crippen LogP) is 3.13. The zero-order valence-electron chi connectivity index (χ0n) is 13.2. The van der Waals surface area contributed by atoms with E-state index in [-0.39, 0.29) is 11.7 Å². The molecule has 23 heavy (non-hydrogen) atoms. The molecule has 2 N–H and O–H groups in total. The van der Waals surface area contributed by atoms with Crippen LogP contribution in [0.5, 0.6) is 0 Å². The summed E-state index contributed by atoms with van der Waals surface area (Å²) in [6.07, 6.45) is 1.79. The number of carboxylic acids is 1. The van der Waals surface area contributed by atoms with Crippen molar-refractivity contribution in [3.8, 4) is 0 Å². The van der Waals surface area contributed by atoms with Gasteiger partial charge in [-0.2, -0.15) is 0 Å². The van der Waals surface area contributed by atoms with Gasteiger partial charge >= 0.3 is 5.97 Å². The van der Waals surface area contributed by atoms with E-state index in [0.29, 0.717) is 11.3 Å². The first-order valence-electron chi connectivity index (χ1n) is 7.62. The number of carbonyl (C=O) groups is 2. The fraction of sp³-hybridized carbons (Fsp3) is 0.353. The lowest BCUT2D eigenvalue weighted by molar-refractivity contribution is -0.139. The van der Waals surface area contributed by atoms with Gasteiger partial charge in [0.25, 0.3) is 5.91 Å². The van der Waals surface area contributed by atoms with E-state index < -0.39 is 17.9 Å². The van der Waals surface area contributed by atoms with Crippen LogP contribution in [0, 0.1) is 0 Å². The third kappa shape index (κ3) is 3.97. The molecule has 0 bridgehead atoms. The number of hydrogen-bond acceptors (Lipinski definition) is 4. The molecule has 2 rings (SSSR count). The van der Waals surface area contributed by atoms with Gasteiger partial charge in [0.15, 0.2) is 6.04 Å². The van der Waals surface area contributed by atoms with E-state index in [0.717, 1.165) is 12.8 Å². The third-order valence-corrected chi connectivity index (χ3v) is 3.81. The van der Waals surface area contributed by atoms with Crippen LogP contribution in [0.4, 0.5) is 0 Å². The van der Waals surface area contributed by atoms with Crippen molar-refractivity contribution in [2.45, 2.75) is 38.6 Å². The Balaban J connectivity index is 2.15. The molecule has 6 nitrogen and oxygen atoms in total. The summed E-state index contributed by atoms with van der Waals surface area (Å²) in [6, 6.07) is 8.96. The van der Waals surface area contributed by atoms with E-state index in [4.69, 9.17) is 4.52 Å². The van der Waals surface area contributed by atoms with Crippen LogP contribution in [0.25, 0.3) is 0 Å². The normalized spacial score (nSPS) is 12.1. The molecule has 1 amide bonds. The zero-order chi connectivity index (χ0) is 16.8. The van der Waals surface area contributed by atoms with Gasteiger partial charge in [-0.25, -0.2) is 4.79 Å². The molecule has 1 heterocycles. The van der Waals surface area contributed by atoms with Crippen molar-refractivity contribution in [3.05, 3.63) is 53.4 Å². The summed E-state index contributed by atoms with van der Waals surface area (Å²) >= 11 is 0. The van der Waals surface area contributed by atoms with Gasteiger partial charge < -0.3 is 14.9 Å². The Bertz CT molecular complexity index is 662. The molecule has 2 aromatic rings. The zero-order valence-corrected chi connectivity index (χ0v) is 13.2. The van der Waals surface area contributed by atoms with Crippen molar-refractivity contribution in [3.63, 3.8) is 0 Å². The highest BCUT2D eigenvalue weighted by atomic mass is 16.5. The Kier molecular flexibility index (Phi) is 5.51. The molecule has 1 aromatic heterocycles.